The number of halogens is 4. The molecule has 2 aromatic carbocycles. The van der Waals surface area contributed by atoms with E-state index in [1.54, 1.807) is 36.5 Å². The lowest BCUT2D eigenvalue weighted by Crippen LogP contribution is -2.19. The van der Waals surface area contributed by atoms with E-state index < -0.39 is 18.6 Å². The van der Waals surface area contributed by atoms with Crippen LogP contribution >= 0.6 is 0 Å². The van der Waals surface area contributed by atoms with Gasteiger partial charge in [0.1, 0.15) is 11.6 Å². The van der Waals surface area contributed by atoms with Gasteiger partial charge in [-0.2, -0.15) is 13.2 Å². The fraction of sp³-hybridized carbons (Fsp3) is 0.227. The number of hydrogen-bond acceptors (Lipinski definition) is 5. The van der Waals surface area contributed by atoms with Crippen molar-refractivity contribution in [3.8, 4) is 23.1 Å². The van der Waals surface area contributed by atoms with Crippen molar-refractivity contribution in [2.24, 2.45) is 0 Å². The molecule has 0 fully saturated rings. The number of aromatic nitrogens is 1. The minimum absolute atomic E-state index is 0.0154. The highest BCUT2D eigenvalue weighted by Gasteiger charge is 2.29. The van der Waals surface area contributed by atoms with Gasteiger partial charge in [-0.05, 0) is 35.9 Å². The van der Waals surface area contributed by atoms with Crippen molar-refractivity contribution in [3.63, 3.8) is 0 Å². The standard InChI is InChI=1S/C22H20F4N2O3/c1-29-20-10-15(7-8-19(20)30-14-22(24,25)26)12-27-13-16-4-3-9-28-21(16)31-18-6-2-5-17(23)11-18/h2-11,27H,12-14H2,1H3. The molecule has 3 rings (SSSR count). The summed E-state index contributed by atoms with van der Waals surface area (Å²) in [6, 6.07) is 14.0. The molecule has 0 saturated carbocycles. The maximum absolute atomic E-state index is 13.4. The van der Waals surface area contributed by atoms with Gasteiger partial charge in [0.15, 0.2) is 18.1 Å². The van der Waals surface area contributed by atoms with Gasteiger partial charge in [-0.25, -0.2) is 9.37 Å². The van der Waals surface area contributed by atoms with Crippen molar-refractivity contribution in [2.45, 2.75) is 19.3 Å². The summed E-state index contributed by atoms with van der Waals surface area (Å²) in [5.74, 6) is 0.486. The Morgan fingerprint density at radius 2 is 1.81 bits per heavy atom. The second-order valence-electron chi connectivity index (χ2n) is 6.52. The predicted molar refractivity (Wildman–Crippen MR) is 106 cm³/mol. The number of hydrogen-bond donors (Lipinski definition) is 1. The van der Waals surface area contributed by atoms with Gasteiger partial charge >= 0.3 is 6.18 Å². The third-order valence-corrected chi connectivity index (χ3v) is 4.12. The number of ether oxygens (including phenoxy) is 3. The van der Waals surface area contributed by atoms with E-state index in [-0.39, 0.29) is 11.5 Å². The van der Waals surface area contributed by atoms with Crippen LogP contribution in [0.2, 0.25) is 0 Å². The Hall–Kier alpha value is -3.33. The zero-order valence-electron chi connectivity index (χ0n) is 16.6. The highest BCUT2D eigenvalue weighted by atomic mass is 19.4. The Labute approximate surface area is 176 Å². The number of nitrogens with one attached hydrogen (secondary N) is 1. The Morgan fingerprint density at radius 3 is 2.55 bits per heavy atom. The third-order valence-electron chi connectivity index (χ3n) is 4.12. The summed E-state index contributed by atoms with van der Waals surface area (Å²) in [5.41, 5.74) is 1.54. The SMILES string of the molecule is COc1cc(CNCc2cccnc2Oc2cccc(F)c2)ccc1OCC(F)(F)F. The molecule has 3 aromatic rings. The van der Waals surface area contributed by atoms with Gasteiger partial charge in [0.25, 0.3) is 0 Å². The lowest BCUT2D eigenvalue weighted by atomic mass is 10.2. The van der Waals surface area contributed by atoms with Crippen molar-refractivity contribution in [1.82, 2.24) is 10.3 Å². The van der Waals surface area contributed by atoms with Crippen molar-refractivity contribution < 1.29 is 31.8 Å². The summed E-state index contributed by atoms with van der Waals surface area (Å²) >= 11 is 0. The Morgan fingerprint density at radius 1 is 0.968 bits per heavy atom. The maximum Gasteiger partial charge on any atom is 0.422 e. The Balaban J connectivity index is 1.61. The zero-order valence-corrected chi connectivity index (χ0v) is 16.6. The molecular weight excluding hydrogens is 416 g/mol. The molecule has 0 bridgehead atoms. The highest BCUT2D eigenvalue weighted by molar-refractivity contribution is 5.43. The van der Waals surface area contributed by atoms with Crippen LogP contribution in [-0.4, -0.2) is 24.9 Å². The van der Waals surface area contributed by atoms with Crippen molar-refractivity contribution in [1.29, 1.82) is 0 Å². The van der Waals surface area contributed by atoms with E-state index in [1.165, 1.54) is 25.3 Å². The average molecular weight is 436 g/mol. The van der Waals surface area contributed by atoms with Crippen LogP contribution in [0.4, 0.5) is 17.6 Å². The summed E-state index contributed by atoms with van der Waals surface area (Å²) in [6.45, 7) is -0.590. The van der Waals surface area contributed by atoms with Gasteiger partial charge in [-0.15, -0.1) is 0 Å². The summed E-state index contributed by atoms with van der Waals surface area (Å²) in [5, 5.41) is 3.21. The molecule has 164 valence electrons. The van der Waals surface area contributed by atoms with Crippen molar-refractivity contribution in [3.05, 3.63) is 77.7 Å². The van der Waals surface area contributed by atoms with E-state index in [0.29, 0.717) is 24.7 Å². The molecule has 0 radical (unpaired) electrons. The summed E-state index contributed by atoms with van der Waals surface area (Å²) in [6.07, 6.45) is -2.86. The van der Waals surface area contributed by atoms with E-state index in [1.807, 2.05) is 6.07 Å². The Kier molecular flexibility index (Phi) is 7.30. The van der Waals surface area contributed by atoms with Crippen LogP contribution < -0.4 is 19.5 Å². The number of pyridine rings is 1. The van der Waals surface area contributed by atoms with Gasteiger partial charge in [0.05, 0.1) is 7.11 Å². The molecule has 1 heterocycles. The van der Waals surface area contributed by atoms with E-state index in [0.717, 1.165) is 11.1 Å². The number of benzene rings is 2. The minimum Gasteiger partial charge on any atom is -0.493 e. The average Bonchev–Trinajstić information content (AvgIpc) is 2.73. The molecule has 0 aliphatic heterocycles. The van der Waals surface area contributed by atoms with Gasteiger partial charge in [0, 0.05) is 30.9 Å². The molecule has 31 heavy (non-hydrogen) atoms. The first-order valence-electron chi connectivity index (χ1n) is 9.28. The van der Waals surface area contributed by atoms with Gasteiger partial charge in [0.2, 0.25) is 5.88 Å². The van der Waals surface area contributed by atoms with E-state index in [9.17, 15) is 17.6 Å². The normalized spacial score (nSPS) is 11.3. The lowest BCUT2D eigenvalue weighted by molar-refractivity contribution is -0.153. The van der Waals surface area contributed by atoms with Crippen LogP contribution in [0.3, 0.4) is 0 Å². The molecule has 0 aliphatic rings. The van der Waals surface area contributed by atoms with Crippen LogP contribution in [-0.2, 0) is 13.1 Å². The first-order valence-corrected chi connectivity index (χ1v) is 9.28. The largest absolute Gasteiger partial charge is 0.493 e. The Bertz CT molecular complexity index is 1010. The lowest BCUT2D eigenvalue weighted by Gasteiger charge is -2.14. The second kappa shape index (κ2) is 10.1. The molecule has 0 amide bonds. The molecule has 1 aromatic heterocycles. The number of alkyl halides is 3. The van der Waals surface area contributed by atoms with Crippen molar-refractivity contribution in [2.75, 3.05) is 13.7 Å². The first kappa shape index (κ1) is 22.4. The third kappa shape index (κ3) is 6.85. The molecule has 5 nitrogen and oxygen atoms in total. The van der Waals surface area contributed by atoms with E-state index in [2.05, 4.69) is 10.3 Å². The van der Waals surface area contributed by atoms with Gasteiger partial charge in [-0.3, -0.25) is 0 Å². The quantitative estimate of drug-likeness (QED) is 0.464. The van der Waals surface area contributed by atoms with Crippen LogP contribution in [0, 0.1) is 5.82 Å². The van der Waals surface area contributed by atoms with E-state index in [4.69, 9.17) is 14.2 Å². The molecule has 0 aliphatic carbocycles. The predicted octanol–water partition coefficient (Wildman–Crippen LogP) is 5.25. The van der Waals surface area contributed by atoms with Crippen molar-refractivity contribution >= 4 is 0 Å². The number of rotatable bonds is 9. The molecule has 0 saturated heterocycles. The molecule has 9 heteroatoms. The second-order valence-corrected chi connectivity index (χ2v) is 6.52. The summed E-state index contributed by atoms with van der Waals surface area (Å²) in [4.78, 5) is 4.20. The first-order chi connectivity index (χ1) is 14.8. The van der Waals surface area contributed by atoms with Crippen LogP contribution in [0.1, 0.15) is 11.1 Å². The monoisotopic (exact) mass is 436 g/mol. The van der Waals surface area contributed by atoms with Crippen LogP contribution in [0.5, 0.6) is 23.1 Å². The van der Waals surface area contributed by atoms with E-state index >= 15 is 0 Å². The molecular formula is C22H20F4N2O3. The fourth-order valence-electron chi connectivity index (χ4n) is 2.73. The minimum atomic E-state index is -4.43. The zero-order chi connectivity index (χ0) is 22.3. The summed E-state index contributed by atoms with van der Waals surface area (Å²) in [7, 11) is 1.36. The van der Waals surface area contributed by atoms with Gasteiger partial charge < -0.3 is 19.5 Å². The summed E-state index contributed by atoms with van der Waals surface area (Å²) < 4.78 is 66.1. The van der Waals surface area contributed by atoms with Crippen LogP contribution in [0.25, 0.3) is 0 Å². The fourth-order valence-corrected chi connectivity index (χ4v) is 2.73. The molecule has 0 atom stereocenters. The smallest absolute Gasteiger partial charge is 0.422 e. The topological polar surface area (TPSA) is 52.6 Å². The number of nitrogens with zero attached hydrogens (tertiary/aromatic N) is 1. The molecule has 0 unspecified atom stereocenters. The van der Waals surface area contributed by atoms with Crippen LogP contribution in [0.15, 0.2) is 60.8 Å². The van der Waals surface area contributed by atoms with Gasteiger partial charge in [-0.1, -0.05) is 18.2 Å². The maximum atomic E-state index is 13.4. The molecule has 1 N–H and O–H groups in total. The highest BCUT2D eigenvalue weighted by Crippen LogP contribution is 2.30. The number of methoxy groups -OCH3 is 1. The molecule has 0 spiro atoms.